The van der Waals surface area contributed by atoms with Crippen LogP contribution >= 0.6 is 0 Å². The molecular formula is C12H9F2NO4. The zero-order valence-corrected chi connectivity index (χ0v) is 9.81. The zero-order valence-electron chi connectivity index (χ0n) is 9.81. The lowest BCUT2D eigenvalue weighted by Crippen LogP contribution is -2.01. The van der Waals surface area contributed by atoms with E-state index >= 15 is 0 Å². The first kappa shape index (κ1) is 13.0. The Morgan fingerprint density at radius 1 is 1.42 bits per heavy atom. The SMILES string of the molecule is CCOc1oc(-c2c(F)cccc2F)nc1C(=O)O. The van der Waals surface area contributed by atoms with Gasteiger partial charge < -0.3 is 14.3 Å². The summed E-state index contributed by atoms with van der Waals surface area (Å²) in [5, 5.41) is 8.90. The smallest absolute Gasteiger partial charge is 0.362 e. The number of hydrogen-bond acceptors (Lipinski definition) is 4. The summed E-state index contributed by atoms with van der Waals surface area (Å²) in [6, 6.07) is 3.21. The number of ether oxygens (including phenoxy) is 1. The lowest BCUT2D eigenvalue weighted by molar-refractivity contribution is 0.0683. The Balaban J connectivity index is 2.57. The molecule has 0 radical (unpaired) electrons. The lowest BCUT2D eigenvalue weighted by Gasteiger charge is -1.99. The largest absolute Gasteiger partial charge is 0.476 e. The Hall–Kier alpha value is -2.44. The molecule has 1 aromatic heterocycles. The van der Waals surface area contributed by atoms with Crippen molar-refractivity contribution in [2.45, 2.75) is 6.92 Å². The number of nitrogens with zero attached hydrogens (tertiary/aromatic N) is 1. The second kappa shape index (κ2) is 5.05. The van der Waals surface area contributed by atoms with Crippen LogP contribution in [0.25, 0.3) is 11.5 Å². The van der Waals surface area contributed by atoms with Gasteiger partial charge in [0.25, 0.3) is 0 Å². The Kier molecular flexibility index (Phi) is 3.46. The minimum absolute atomic E-state index is 0.134. The van der Waals surface area contributed by atoms with Crippen LogP contribution in [0.3, 0.4) is 0 Å². The van der Waals surface area contributed by atoms with Gasteiger partial charge in [-0.3, -0.25) is 0 Å². The van der Waals surface area contributed by atoms with Gasteiger partial charge in [0.15, 0.2) is 0 Å². The van der Waals surface area contributed by atoms with Crippen molar-refractivity contribution >= 4 is 5.97 Å². The second-order valence-electron chi connectivity index (χ2n) is 3.49. The van der Waals surface area contributed by atoms with Crippen molar-refractivity contribution in [2.75, 3.05) is 6.61 Å². The van der Waals surface area contributed by atoms with Crippen molar-refractivity contribution in [3.63, 3.8) is 0 Å². The van der Waals surface area contributed by atoms with Crippen LogP contribution in [0.2, 0.25) is 0 Å². The molecule has 0 unspecified atom stereocenters. The third-order valence-corrected chi connectivity index (χ3v) is 2.25. The monoisotopic (exact) mass is 269 g/mol. The molecule has 0 bridgehead atoms. The fourth-order valence-electron chi connectivity index (χ4n) is 1.48. The van der Waals surface area contributed by atoms with Gasteiger partial charge in [0.1, 0.15) is 17.2 Å². The quantitative estimate of drug-likeness (QED) is 0.923. The van der Waals surface area contributed by atoms with E-state index in [4.69, 9.17) is 14.3 Å². The summed E-state index contributed by atoms with van der Waals surface area (Å²) in [5.41, 5.74) is -1.06. The molecule has 0 aliphatic rings. The fourth-order valence-corrected chi connectivity index (χ4v) is 1.48. The summed E-state index contributed by atoms with van der Waals surface area (Å²) < 4.78 is 37.0. The normalized spacial score (nSPS) is 10.5. The van der Waals surface area contributed by atoms with Crippen LogP contribution in [0.4, 0.5) is 8.78 Å². The highest BCUT2D eigenvalue weighted by molar-refractivity contribution is 5.88. The van der Waals surface area contributed by atoms with Crippen molar-refractivity contribution < 1.29 is 27.8 Å². The van der Waals surface area contributed by atoms with Gasteiger partial charge in [0, 0.05) is 0 Å². The van der Waals surface area contributed by atoms with Gasteiger partial charge in [-0.1, -0.05) is 6.07 Å². The average Bonchev–Trinajstić information content (AvgIpc) is 2.73. The summed E-state index contributed by atoms with van der Waals surface area (Å²) in [4.78, 5) is 14.5. The Labute approximate surface area is 106 Å². The predicted octanol–water partition coefficient (Wildman–Crippen LogP) is 2.72. The van der Waals surface area contributed by atoms with Crippen LogP contribution in [0.5, 0.6) is 5.95 Å². The van der Waals surface area contributed by atoms with Gasteiger partial charge in [0.05, 0.1) is 6.61 Å². The van der Waals surface area contributed by atoms with E-state index in [-0.39, 0.29) is 12.6 Å². The standard InChI is InChI=1S/C12H9F2NO4/c1-2-18-12-9(11(16)17)15-10(19-12)8-6(13)4-3-5-7(8)14/h3-5H,2H2,1H3,(H,16,17). The summed E-state index contributed by atoms with van der Waals surface area (Å²) in [6.45, 7) is 1.74. The summed E-state index contributed by atoms with van der Waals surface area (Å²) >= 11 is 0. The van der Waals surface area contributed by atoms with Gasteiger partial charge >= 0.3 is 11.9 Å². The number of aromatic carboxylic acids is 1. The first-order chi connectivity index (χ1) is 9.04. The number of hydrogen-bond donors (Lipinski definition) is 1. The number of oxazole rings is 1. The topological polar surface area (TPSA) is 72.6 Å². The molecule has 0 saturated heterocycles. The lowest BCUT2D eigenvalue weighted by atomic mass is 10.2. The van der Waals surface area contributed by atoms with Gasteiger partial charge in [-0.2, -0.15) is 4.98 Å². The highest BCUT2D eigenvalue weighted by Gasteiger charge is 2.25. The highest BCUT2D eigenvalue weighted by atomic mass is 19.1. The fraction of sp³-hybridized carbons (Fsp3) is 0.167. The van der Waals surface area contributed by atoms with Gasteiger partial charge in [0.2, 0.25) is 11.6 Å². The third-order valence-electron chi connectivity index (χ3n) is 2.25. The van der Waals surface area contributed by atoms with E-state index < -0.39 is 34.8 Å². The van der Waals surface area contributed by atoms with Crippen LogP contribution in [-0.4, -0.2) is 22.7 Å². The first-order valence-corrected chi connectivity index (χ1v) is 5.36. The molecule has 1 N–H and O–H groups in total. The molecule has 1 aromatic carbocycles. The van der Waals surface area contributed by atoms with Gasteiger partial charge in [-0.15, -0.1) is 0 Å². The van der Waals surface area contributed by atoms with E-state index in [2.05, 4.69) is 4.98 Å². The number of carboxylic acids is 1. The minimum Gasteiger partial charge on any atom is -0.476 e. The van der Waals surface area contributed by atoms with Crippen LogP contribution in [0, 0.1) is 11.6 Å². The molecule has 0 amide bonds. The summed E-state index contributed by atoms with van der Waals surface area (Å²) in [5.74, 6) is -4.07. The Bertz CT molecular complexity index is 604. The molecule has 1 heterocycles. The average molecular weight is 269 g/mol. The van der Waals surface area contributed by atoms with Gasteiger partial charge in [-0.25, -0.2) is 13.6 Å². The van der Waals surface area contributed by atoms with E-state index in [0.717, 1.165) is 12.1 Å². The summed E-state index contributed by atoms with van der Waals surface area (Å²) in [7, 11) is 0. The molecule has 2 aromatic rings. The van der Waals surface area contributed by atoms with E-state index in [1.807, 2.05) is 0 Å². The van der Waals surface area contributed by atoms with E-state index in [1.165, 1.54) is 6.07 Å². The zero-order chi connectivity index (χ0) is 14.0. The third kappa shape index (κ3) is 2.40. The molecule has 0 spiro atoms. The van der Waals surface area contributed by atoms with Gasteiger partial charge in [-0.05, 0) is 19.1 Å². The Morgan fingerprint density at radius 2 is 2.05 bits per heavy atom. The second-order valence-corrected chi connectivity index (χ2v) is 3.49. The van der Waals surface area contributed by atoms with Crippen LogP contribution in [0.15, 0.2) is 22.6 Å². The van der Waals surface area contributed by atoms with Crippen molar-refractivity contribution in [2.24, 2.45) is 0 Å². The maximum Gasteiger partial charge on any atom is 0.362 e. The molecule has 0 saturated carbocycles. The van der Waals surface area contributed by atoms with Crippen LogP contribution in [-0.2, 0) is 0 Å². The predicted molar refractivity (Wildman–Crippen MR) is 60.0 cm³/mol. The number of halogens is 2. The van der Waals surface area contributed by atoms with Crippen LogP contribution in [0.1, 0.15) is 17.4 Å². The molecule has 0 aliphatic carbocycles. The minimum atomic E-state index is -1.41. The number of rotatable bonds is 4. The molecular weight excluding hydrogens is 260 g/mol. The number of carbonyl (C=O) groups is 1. The molecule has 19 heavy (non-hydrogen) atoms. The van der Waals surface area contributed by atoms with E-state index in [0.29, 0.717) is 0 Å². The Morgan fingerprint density at radius 3 is 2.58 bits per heavy atom. The molecule has 5 nitrogen and oxygen atoms in total. The van der Waals surface area contributed by atoms with Crippen molar-refractivity contribution in [3.8, 4) is 17.4 Å². The van der Waals surface area contributed by atoms with Crippen LogP contribution < -0.4 is 4.74 Å². The highest BCUT2D eigenvalue weighted by Crippen LogP contribution is 2.30. The molecule has 0 atom stereocenters. The van der Waals surface area contributed by atoms with E-state index in [1.54, 1.807) is 6.92 Å². The molecule has 2 rings (SSSR count). The first-order valence-electron chi connectivity index (χ1n) is 5.36. The maximum absolute atomic E-state index is 13.5. The molecule has 0 aliphatic heterocycles. The van der Waals surface area contributed by atoms with Crippen molar-refractivity contribution in [1.82, 2.24) is 4.98 Å². The maximum atomic E-state index is 13.5. The van der Waals surface area contributed by atoms with Crippen molar-refractivity contribution in [1.29, 1.82) is 0 Å². The molecule has 100 valence electrons. The number of benzene rings is 1. The van der Waals surface area contributed by atoms with E-state index in [9.17, 15) is 13.6 Å². The number of aromatic nitrogens is 1. The summed E-state index contributed by atoms with van der Waals surface area (Å²) in [6.07, 6.45) is 0. The molecule has 0 fully saturated rings. The van der Waals surface area contributed by atoms with Crippen molar-refractivity contribution in [3.05, 3.63) is 35.5 Å². The molecule has 7 heteroatoms. The number of carboxylic acid groups (broad SMARTS) is 1.